The summed E-state index contributed by atoms with van der Waals surface area (Å²) in [6.07, 6.45) is 1.74. The van der Waals surface area contributed by atoms with Crippen LogP contribution in [0.2, 0.25) is 0 Å². The van der Waals surface area contributed by atoms with Crippen LogP contribution in [0.15, 0.2) is 66.9 Å². The lowest BCUT2D eigenvalue weighted by Gasteiger charge is -2.23. The van der Waals surface area contributed by atoms with Crippen LogP contribution >= 0.6 is 0 Å². The zero-order valence-corrected chi connectivity index (χ0v) is 17.6. The first-order valence-corrected chi connectivity index (χ1v) is 10.7. The van der Waals surface area contributed by atoms with E-state index in [1.807, 2.05) is 19.1 Å². The minimum Gasteiger partial charge on any atom is -0.491 e. The fourth-order valence-electron chi connectivity index (χ4n) is 4.48. The number of H-pyrrole nitrogens is 1. The first kappa shape index (κ1) is 18.8. The van der Waals surface area contributed by atoms with E-state index in [0.717, 1.165) is 56.9 Å². The highest BCUT2D eigenvalue weighted by atomic mass is 19.1. The maximum Gasteiger partial charge on any atom is 0.125 e. The molecule has 2 aromatic heterocycles. The summed E-state index contributed by atoms with van der Waals surface area (Å²) in [4.78, 5) is 14.4. The zero-order valence-electron chi connectivity index (χ0n) is 17.6. The Labute approximate surface area is 184 Å². The molecule has 0 spiro atoms. The molecular weight excluding hydrogens is 403 g/mol. The minimum absolute atomic E-state index is 0.277. The highest BCUT2D eigenvalue weighted by molar-refractivity contribution is 5.91. The van der Waals surface area contributed by atoms with Crippen LogP contribution in [0.1, 0.15) is 11.4 Å². The Bertz CT molecular complexity index is 1480. The Balaban J connectivity index is 1.39. The summed E-state index contributed by atoms with van der Waals surface area (Å²) in [5.74, 6) is 1.53. The molecule has 3 heterocycles. The first-order chi connectivity index (χ1) is 15.6. The molecule has 0 fully saturated rings. The van der Waals surface area contributed by atoms with Crippen LogP contribution in [0.3, 0.4) is 0 Å². The number of rotatable bonds is 2. The van der Waals surface area contributed by atoms with Gasteiger partial charge in [0.25, 0.3) is 0 Å². The molecule has 5 aromatic rings. The quantitative estimate of drug-likeness (QED) is 0.399. The summed E-state index contributed by atoms with van der Waals surface area (Å²) in [5, 5.41) is 0.938. The lowest BCUT2D eigenvalue weighted by molar-refractivity contribution is 0.332. The van der Waals surface area contributed by atoms with Crippen molar-refractivity contribution in [1.29, 1.82) is 0 Å². The predicted octanol–water partition coefficient (Wildman–Crippen LogP) is 5.62. The molecule has 0 saturated carbocycles. The number of pyridine rings is 1. The highest BCUT2D eigenvalue weighted by Gasteiger charge is 2.19. The number of halogens is 1. The number of aromatic amines is 1. The number of imidazole rings is 1. The summed E-state index contributed by atoms with van der Waals surface area (Å²) in [7, 11) is 0. The van der Waals surface area contributed by atoms with E-state index in [1.165, 1.54) is 12.1 Å². The molecule has 0 amide bonds. The third-order valence-corrected chi connectivity index (χ3v) is 6.00. The fraction of sp³-hybridized carbons (Fsp3) is 0.154. The fourth-order valence-corrected chi connectivity index (χ4v) is 4.48. The number of nitrogens with one attached hydrogen (secondary N) is 1. The van der Waals surface area contributed by atoms with Crippen molar-refractivity contribution in [3.8, 4) is 16.9 Å². The average Bonchev–Trinajstić information content (AvgIpc) is 3.04. The van der Waals surface area contributed by atoms with Crippen LogP contribution in [0.4, 0.5) is 10.1 Å². The Kier molecular flexibility index (Phi) is 4.31. The molecule has 3 aromatic carbocycles. The third-order valence-electron chi connectivity index (χ3n) is 6.00. The minimum atomic E-state index is -0.277. The van der Waals surface area contributed by atoms with Crippen molar-refractivity contribution in [3.63, 3.8) is 0 Å². The van der Waals surface area contributed by atoms with Crippen molar-refractivity contribution in [2.45, 2.75) is 13.5 Å². The van der Waals surface area contributed by atoms with Gasteiger partial charge in [0.1, 0.15) is 24.0 Å². The Morgan fingerprint density at radius 1 is 0.969 bits per heavy atom. The number of hydrogen-bond acceptors (Lipinski definition) is 4. The maximum atomic E-state index is 13.7. The third kappa shape index (κ3) is 3.24. The maximum absolute atomic E-state index is 13.7. The van der Waals surface area contributed by atoms with Crippen LogP contribution < -0.4 is 9.64 Å². The number of nitrogens with zero attached hydrogens (tertiary/aromatic N) is 3. The largest absolute Gasteiger partial charge is 0.491 e. The van der Waals surface area contributed by atoms with Crippen LogP contribution in [0, 0.1) is 12.7 Å². The second-order valence-corrected chi connectivity index (χ2v) is 8.14. The lowest BCUT2D eigenvalue weighted by Crippen LogP contribution is -2.25. The van der Waals surface area contributed by atoms with Gasteiger partial charge in [-0.15, -0.1) is 0 Å². The summed E-state index contributed by atoms with van der Waals surface area (Å²) in [5.41, 5.74) is 7.07. The molecule has 1 aliphatic heterocycles. The van der Waals surface area contributed by atoms with E-state index < -0.39 is 0 Å². The molecule has 6 heteroatoms. The molecule has 1 aliphatic rings. The van der Waals surface area contributed by atoms with Crippen molar-refractivity contribution < 1.29 is 9.13 Å². The van der Waals surface area contributed by atoms with Crippen LogP contribution in [-0.2, 0) is 6.54 Å². The van der Waals surface area contributed by atoms with Gasteiger partial charge in [-0.05, 0) is 60.5 Å². The average molecular weight is 424 g/mol. The molecule has 0 aliphatic carbocycles. The van der Waals surface area contributed by atoms with Gasteiger partial charge in [-0.3, -0.25) is 4.98 Å². The molecule has 5 nitrogen and oxygen atoms in total. The van der Waals surface area contributed by atoms with Crippen LogP contribution in [-0.4, -0.2) is 28.1 Å². The normalized spacial score (nSPS) is 13.8. The van der Waals surface area contributed by atoms with Crippen molar-refractivity contribution in [1.82, 2.24) is 15.0 Å². The van der Waals surface area contributed by atoms with Crippen LogP contribution in [0.25, 0.3) is 33.1 Å². The summed E-state index contributed by atoms with van der Waals surface area (Å²) in [6.45, 7) is 3.98. The Morgan fingerprint density at radius 2 is 1.84 bits per heavy atom. The predicted molar refractivity (Wildman–Crippen MR) is 125 cm³/mol. The number of benzene rings is 3. The van der Waals surface area contributed by atoms with E-state index in [9.17, 15) is 4.39 Å². The SMILES string of the molecule is Cc1nc2ccc(-c3ccc4c(c3)CN(c3ccnc5cc(F)ccc35)CCO4)cc2[nH]1. The van der Waals surface area contributed by atoms with E-state index in [0.29, 0.717) is 18.7 Å². The molecular formula is C26H21FN4O. The van der Waals surface area contributed by atoms with E-state index in [2.05, 4.69) is 50.2 Å². The van der Waals surface area contributed by atoms with Gasteiger partial charge >= 0.3 is 0 Å². The molecule has 0 radical (unpaired) electrons. The van der Waals surface area contributed by atoms with Gasteiger partial charge in [0.05, 0.1) is 23.1 Å². The van der Waals surface area contributed by atoms with Crippen LogP contribution in [0.5, 0.6) is 5.75 Å². The van der Waals surface area contributed by atoms with E-state index in [-0.39, 0.29) is 5.82 Å². The number of ether oxygens (including phenoxy) is 1. The van der Waals surface area contributed by atoms with Gasteiger partial charge in [-0.1, -0.05) is 12.1 Å². The molecule has 1 N–H and O–H groups in total. The molecule has 0 unspecified atom stereocenters. The van der Waals surface area contributed by atoms with Gasteiger partial charge in [-0.25, -0.2) is 9.37 Å². The van der Waals surface area contributed by atoms with E-state index in [4.69, 9.17) is 4.74 Å². The summed E-state index contributed by atoms with van der Waals surface area (Å²) < 4.78 is 19.8. The molecule has 158 valence electrons. The highest BCUT2D eigenvalue weighted by Crippen LogP contribution is 2.34. The standard InChI is InChI=1S/C26H21FN4O/c1-16-29-22-6-2-18(13-24(22)30-16)17-3-7-26-19(12-17)15-31(10-11-32-26)25-8-9-28-23-14-20(27)4-5-21(23)25/h2-9,12-14H,10-11,15H2,1H3,(H,29,30). The van der Waals surface area contributed by atoms with Gasteiger partial charge < -0.3 is 14.6 Å². The number of aromatic nitrogens is 3. The molecule has 0 saturated heterocycles. The number of fused-ring (bicyclic) bond motifs is 3. The van der Waals surface area contributed by atoms with Crippen molar-refractivity contribution in [2.24, 2.45) is 0 Å². The number of hydrogen-bond donors (Lipinski definition) is 1. The van der Waals surface area contributed by atoms with E-state index >= 15 is 0 Å². The number of aryl methyl sites for hydroxylation is 1. The van der Waals surface area contributed by atoms with Gasteiger partial charge in [0.2, 0.25) is 0 Å². The monoisotopic (exact) mass is 424 g/mol. The Morgan fingerprint density at radius 3 is 2.78 bits per heavy atom. The molecule has 0 atom stereocenters. The Hall–Kier alpha value is -3.93. The molecule has 32 heavy (non-hydrogen) atoms. The summed E-state index contributed by atoms with van der Waals surface area (Å²) >= 11 is 0. The van der Waals surface area contributed by atoms with Gasteiger partial charge in [-0.2, -0.15) is 0 Å². The molecule has 0 bridgehead atoms. The van der Waals surface area contributed by atoms with Gasteiger partial charge in [0.15, 0.2) is 0 Å². The lowest BCUT2D eigenvalue weighted by atomic mass is 10.0. The van der Waals surface area contributed by atoms with Gasteiger partial charge in [0, 0.05) is 35.4 Å². The number of anilines is 1. The van der Waals surface area contributed by atoms with Crippen molar-refractivity contribution in [3.05, 3.63) is 84.1 Å². The zero-order chi connectivity index (χ0) is 21.7. The molecule has 6 rings (SSSR count). The smallest absolute Gasteiger partial charge is 0.125 e. The van der Waals surface area contributed by atoms with E-state index in [1.54, 1.807) is 12.3 Å². The second kappa shape index (κ2) is 7.34. The van der Waals surface area contributed by atoms with Crippen molar-refractivity contribution in [2.75, 3.05) is 18.1 Å². The topological polar surface area (TPSA) is 54.0 Å². The summed E-state index contributed by atoms with van der Waals surface area (Å²) in [6, 6.07) is 19.4. The van der Waals surface area contributed by atoms with Crippen molar-refractivity contribution >= 4 is 27.6 Å². The second-order valence-electron chi connectivity index (χ2n) is 8.14. The first-order valence-electron chi connectivity index (χ1n) is 10.7.